The zero-order chi connectivity index (χ0) is 12.5. The molecule has 1 N–H and O–H groups in total. The van der Waals surface area contributed by atoms with Gasteiger partial charge in [0.15, 0.2) is 0 Å². The minimum Gasteiger partial charge on any atom is -0.388 e. The first-order chi connectivity index (χ1) is 7.96. The van der Waals surface area contributed by atoms with Gasteiger partial charge in [0.1, 0.15) is 0 Å². The van der Waals surface area contributed by atoms with Crippen LogP contribution in [0.2, 0.25) is 0 Å². The first kappa shape index (κ1) is 12.5. The Morgan fingerprint density at radius 3 is 2.65 bits per heavy atom. The highest BCUT2D eigenvalue weighted by atomic mass is 32.1. The largest absolute Gasteiger partial charge is 0.388 e. The molecular formula is C13H17NO2S. The molecule has 17 heavy (non-hydrogen) atoms. The molecule has 1 fully saturated rings. The molecule has 0 aromatic heterocycles. The summed E-state index contributed by atoms with van der Waals surface area (Å²) < 4.78 is 0. The summed E-state index contributed by atoms with van der Waals surface area (Å²) in [5.41, 5.74) is 0.268. The van der Waals surface area contributed by atoms with Gasteiger partial charge in [0.25, 0.3) is 0 Å². The topological polar surface area (TPSA) is 40.5 Å². The third-order valence-corrected chi connectivity index (χ3v) is 3.39. The second kappa shape index (κ2) is 4.70. The van der Waals surface area contributed by atoms with Crippen molar-refractivity contribution in [1.82, 2.24) is 4.90 Å². The number of carbonyl (C=O) groups excluding carboxylic acids is 1. The molecule has 0 spiro atoms. The second-order valence-corrected chi connectivity index (χ2v) is 5.42. The number of likely N-dealkylation sites (tertiary alicyclic amines) is 1. The van der Waals surface area contributed by atoms with E-state index in [9.17, 15) is 9.90 Å². The van der Waals surface area contributed by atoms with Crippen LogP contribution in [0.5, 0.6) is 0 Å². The number of hydrogen-bond donors (Lipinski definition) is 2. The molecule has 0 aliphatic carbocycles. The van der Waals surface area contributed by atoms with E-state index in [0.717, 1.165) is 10.5 Å². The van der Waals surface area contributed by atoms with Gasteiger partial charge in [-0.15, -0.1) is 12.6 Å². The predicted molar refractivity (Wildman–Crippen MR) is 69.2 cm³/mol. The lowest BCUT2D eigenvalue weighted by Crippen LogP contribution is -2.34. The van der Waals surface area contributed by atoms with Gasteiger partial charge >= 0.3 is 0 Å². The fourth-order valence-corrected chi connectivity index (χ4v) is 2.21. The van der Waals surface area contributed by atoms with E-state index >= 15 is 0 Å². The molecule has 0 saturated carbocycles. The van der Waals surface area contributed by atoms with Crippen LogP contribution in [-0.4, -0.2) is 34.6 Å². The van der Waals surface area contributed by atoms with Gasteiger partial charge in [-0.25, -0.2) is 0 Å². The summed E-state index contributed by atoms with van der Waals surface area (Å²) in [6.07, 6.45) is 1.05. The molecule has 2 rings (SSSR count). The quantitative estimate of drug-likeness (QED) is 0.782. The van der Waals surface area contributed by atoms with E-state index in [-0.39, 0.29) is 5.91 Å². The molecule has 1 saturated heterocycles. The van der Waals surface area contributed by atoms with Crippen LogP contribution in [0, 0.1) is 0 Å². The van der Waals surface area contributed by atoms with Crippen molar-refractivity contribution in [2.75, 3.05) is 13.1 Å². The number of hydrogen-bond acceptors (Lipinski definition) is 3. The monoisotopic (exact) mass is 251 g/mol. The minimum absolute atomic E-state index is 0.0784. The van der Waals surface area contributed by atoms with Crippen LogP contribution in [0.4, 0.5) is 0 Å². The molecule has 1 aliphatic heterocycles. The summed E-state index contributed by atoms with van der Waals surface area (Å²) in [5, 5.41) is 9.81. The fourth-order valence-electron chi connectivity index (χ4n) is 2.06. The number of β-amino-alcohol motifs (C(OH)–C–C–N with tert-alkyl or cyclic N) is 1. The molecule has 92 valence electrons. The van der Waals surface area contributed by atoms with Crippen molar-refractivity contribution in [3.63, 3.8) is 0 Å². The van der Waals surface area contributed by atoms with Crippen LogP contribution in [-0.2, 0) is 11.2 Å². The first-order valence-electron chi connectivity index (χ1n) is 5.74. The smallest absolute Gasteiger partial charge is 0.227 e. The highest BCUT2D eigenvalue weighted by Crippen LogP contribution is 2.21. The number of thiol groups is 1. The summed E-state index contributed by atoms with van der Waals surface area (Å²) in [5.74, 6) is 0.0784. The summed E-state index contributed by atoms with van der Waals surface area (Å²) in [7, 11) is 0. The molecule has 1 unspecified atom stereocenters. The molecule has 4 heteroatoms. The summed E-state index contributed by atoms with van der Waals surface area (Å²) >= 11 is 4.20. The van der Waals surface area contributed by atoms with Gasteiger partial charge in [-0.3, -0.25) is 4.79 Å². The van der Waals surface area contributed by atoms with Gasteiger partial charge < -0.3 is 10.0 Å². The van der Waals surface area contributed by atoms with Crippen molar-refractivity contribution in [2.24, 2.45) is 0 Å². The van der Waals surface area contributed by atoms with Crippen molar-refractivity contribution in [3.8, 4) is 0 Å². The van der Waals surface area contributed by atoms with Crippen LogP contribution >= 0.6 is 12.6 Å². The van der Waals surface area contributed by atoms with E-state index in [1.54, 1.807) is 11.8 Å². The zero-order valence-electron chi connectivity index (χ0n) is 9.89. The molecule has 0 bridgehead atoms. The van der Waals surface area contributed by atoms with Crippen molar-refractivity contribution in [3.05, 3.63) is 29.8 Å². The highest BCUT2D eigenvalue weighted by Gasteiger charge is 2.33. The standard InChI is InChI=1S/C13H17NO2S/c1-13(16)6-7-14(9-13)12(15)8-10-2-4-11(17)5-3-10/h2-5,16-17H,6-9H2,1H3. The van der Waals surface area contributed by atoms with Gasteiger partial charge in [-0.2, -0.15) is 0 Å². The van der Waals surface area contributed by atoms with Gasteiger partial charge in [0, 0.05) is 18.0 Å². The van der Waals surface area contributed by atoms with Crippen LogP contribution < -0.4 is 0 Å². The normalized spacial score (nSPS) is 24.1. The number of rotatable bonds is 2. The SMILES string of the molecule is CC1(O)CCN(C(=O)Cc2ccc(S)cc2)C1. The Morgan fingerprint density at radius 1 is 1.47 bits per heavy atom. The van der Waals surface area contributed by atoms with Gasteiger partial charge in [0.2, 0.25) is 5.91 Å². The molecule has 1 amide bonds. The summed E-state index contributed by atoms with van der Waals surface area (Å²) in [4.78, 5) is 14.6. The summed E-state index contributed by atoms with van der Waals surface area (Å²) in [6.45, 7) is 2.86. The van der Waals surface area contributed by atoms with Gasteiger partial charge in [-0.1, -0.05) is 12.1 Å². The average Bonchev–Trinajstić information content (AvgIpc) is 2.62. The fraction of sp³-hybridized carbons (Fsp3) is 0.462. The second-order valence-electron chi connectivity index (χ2n) is 4.91. The Balaban J connectivity index is 1.96. The van der Waals surface area contributed by atoms with Crippen molar-refractivity contribution in [2.45, 2.75) is 30.3 Å². The van der Waals surface area contributed by atoms with E-state index in [1.165, 1.54) is 0 Å². The van der Waals surface area contributed by atoms with E-state index in [1.807, 2.05) is 24.3 Å². The number of carbonyl (C=O) groups is 1. The molecule has 3 nitrogen and oxygen atoms in total. The Hall–Kier alpha value is -1.00. The summed E-state index contributed by atoms with van der Waals surface area (Å²) in [6, 6.07) is 7.58. The van der Waals surface area contributed by atoms with E-state index < -0.39 is 5.60 Å². The molecule has 1 heterocycles. The van der Waals surface area contributed by atoms with Crippen LogP contribution in [0.15, 0.2) is 29.2 Å². The zero-order valence-corrected chi connectivity index (χ0v) is 10.8. The van der Waals surface area contributed by atoms with Crippen molar-refractivity contribution in [1.29, 1.82) is 0 Å². The van der Waals surface area contributed by atoms with Crippen molar-refractivity contribution < 1.29 is 9.90 Å². The van der Waals surface area contributed by atoms with Crippen LogP contribution in [0.25, 0.3) is 0 Å². The number of amides is 1. The number of aliphatic hydroxyl groups is 1. The molecule has 1 atom stereocenters. The van der Waals surface area contributed by atoms with Gasteiger partial charge in [-0.05, 0) is 31.0 Å². The molecular weight excluding hydrogens is 234 g/mol. The van der Waals surface area contributed by atoms with Crippen molar-refractivity contribution >= 4 is 18.5 Å². The first-order valence-corrected chi connectivity index (χ1v) is 6.19. The molecule has 1 aliphatic rings. The Kier molecular flexibility index (Phi) is 3.45. The lowest BCUT2D eigenvalue weighted by Gasteiger charge is -2.19. The predicted octanol–water partition coefficient (Wildman–Crippen LogP) is 1.50. The Labute approximate surface area is 107 Å². The highest BCUT2D eigenvalue weighted by molar-refractivity contribution is 7.80. The van der Waals surface area contributed by atoms with E-state index in [4.69, 9.17) is 0 Å². The van der Waals surface area contributed by atoms with Crippen LogP contribution in [0.3, 0.4) is 0 Å². The van der Waals surface area contributed by atoms with Crippen LogP contribution in [0.1, 0.15) is 18.9 Å². The van der Waals surface area contributed by atoms with E-state index in [2.05, 4.69) is 12.6 Å². The third-order valence-electron chi connectivity index (χ3n) is 3.10. The molecule has 1 aromatic carbocycles. The molecule has 1 aromatic rings. The van der Waals surface area contributed by atoms with E-state index in [0.29, 0.717) is 25.9 Å². The minimum atomic E-state index is -0.718. The maximum Gasteiger partial charge on any atom is 0.227 e. The lowest BCUT2D eigenvalue weighted by atomic mass is 10.1. The number of benzene rings is 1. The average molecular weight is 251 g/mol. The maximum absolute atomic E-state index is 12.0. The Morgan fingerprint density at radius 2 is 2.12 bits per heavy atom. The van der Waals surface area contributed by atoms with Gasteiger partial charge in [0.05, 0.1) is 12.0 Å². The third kappa shape index (κ3) is 3.23. The number of nitrogens with zero attached hydrogens (tertiary/aromatic N) is 1. The lowest BCUT2D eigenvalue weighted by molar-refractivity contribution is -0.130. The molecule has 0 radical (unpaired) electrons. The Bertz CT molecular complexity index is 414. The maximum atomic E-state index is 12.0.